The fourth-order valence-electron chi connectivity index (χ4n) is 2.48. The van der Waals surface area contributed by atoms with Crippen LogP contribution in [0.3, 0.4) is 0 Å². The molecule has 3 aromatic rings. The van der Waals surface area contributed by atoms with Crippen molar-refractivity contribution in [2.24, 2.45) is 5.73 Å². The third kappa shape index (κ3) is 2.12. The molecule has 3 nitrogen and oxygen atoms in total. The molecule has 20 heavy (non-hydrogen) atoms. The summed E-state index contributed by atoms with van der Waals surface area (Å²) in [5.74, 6) is 0.716. The molecule has 0 aliphatic rings. The van der Waals surface area contributed by atoms with E-state index >= 15 is 0 Å². The quantitative estimate of drug-likeness (QED) is 0.789. The molecule has 0 aliphatic carbocycles. The summed E-state index contributed by atoms with van der Waals surface area (Å²) in [6.07, 6.45) is 1.74. The number of hydrogen-bond acceptors (Lipinski definition) is 3. The van der Waals surface area contributed by atoms with Crippen molar-refractivity contribution < 1.29 is 4.74 Å². The number of hydrogen-bond donors (Lipinski definition) is 1. The van der Waals surface area contributed by atoms with Crippen LogP contribution in [-0.4, -0.2) is 12.1 Å². The molecule has 0 saturated carbocycles. The van der Waals surface area contributed by atoms with Gasteiger partial charge >= 0.3 is 0 Å². The number of aromatic nitrogens is 1. The van der Waals surface area contributed by atoms with E-state index in [9.17, 15) is 0 Å². The van der Waals surface area contributed by atoms with Crippen LogP contribution >= 0.6 is 0 Å². The van der Waals surface area contributed by atoms with Gasteiger partial charge < -0.3 is 10.5 Å². The second kappa shape index (κ2) is 5.31. The van der Waals surface area contributed by atoms with Crippen molar-refractivity contribution in [1.29, 1.82) is 0 Å². The molecular weight excluding hydrogens is 248 g/mol. The standard InChI is InChI=1S/C17H16N2O/c1-20-15-10-5-11-19-17(15)16(18)14-9-4-7-12-6-2-3-8-13(12)14/h2-11,16H,18H2,1H3. The Morgan fingerprint density at radius 1 is 1.00 bits per heavy atom. The Morgan fingerprint density at radius 3 is 2.65 bits per heavy atom. The number of rotatable bonds is 3. The summed E-state index contributed by atoms with van der Waals surface area (Å²) in [6, 6.07) is 17.8. The van der Waals surface area contributed by atoms with Gasteiger partial charge in [0.05, 0.1) is 13.2 Å². The van der Waals surface area contributed by atoms with E-state index in [1.807, 2.05) is 36.4 Å². The molecule has 0 radical (unpaired) electrons. The summed E-state index contributed by atoms with van der Waals surface area (Å²) in [5, 5.41) is 2.32. The second-order valence-corrected chi connectivity index (χ2v) is 4.64. The van der Waals surface area contributed by atoms with Crippen LogP contribution in [0.15, 0.2) is 60.8 Å². The maximum absolute atomic E-state index is 6.42. The highest BCUT2D eigenvalue weighted by molar-refractivity contribution is 5.86. The van der Waals surface area contributed by atoms with Crippen LogP contribution in [0.25, 0.3) is 10.8 Å². The molecule has 100 valence electrons. The van der Waals surface area contributed by atoms with Crippen molar-refractivity contribution in [3.8, 4) is 5.75 Å². The Labute approximate surface area is 118 Å². The van der Waals surface area contributed by atoms with Gasteiger partial charge in [-0.25, -0.2) is 0 Å². The van der Waals surface area contributed by atoms with Crippen molar-refractivity contribution in [3.63, 3.8) is 0 Å². The number of pyridine rings is 1. The van der Waals surface area contributed by atoms with E-state index in [1.54, 1.807) is 13.3 Å². The number of benzene rings is 2. The molecule has 2 aromatic carbocycles. The second-order valence-electron chi connectivity index (χ2n) is 4.64. The lowest BCUT2D eigenvalue weighted by Crippen LogP contribution is -2.15. The summed E-state index contributed by atoms with van der Waals surface area (Å²) < 4.78 is 5.36. The molecule has 0 aliphatic heterocycles. The fraction of sp³-hybridized carbons (Fsp3) is 0.118. The van der Waals surface area contributed by atoms with E-state index in [0.29, 0.717) is 5.75 Å². The van der Waals surface area contributed by atoms with Crippen molar-refractivity contribution in [1.82, 2.24) is 4.98 Å². The van der Waals surface area contributed by atoms with Gasteiger partial charge in [0, 0.05) is 6.20 Å². The monoisotopic (exact) mass is 264 g/mol. The van der Waals surface area contributed by atoms with Crippen LogP contribution in [0.4, 0.5) is 0 Å². The lowest BCUT2D eigenvalue weighted by Gasteiger charge is -2.16. The van der Waals surface area contributed by atoms with E-state index in [2.05, 4.69) is 23.2 Å². The normalized spacial score (nSPS) is 12.3. The Hall–Kier alpha value is -2.39. The first-order chi connectivity index (χ1) is 9.81. The molecule has 0 bridgehead atoms. The zero-order valence-electron chi connectivity index (χ0n) is 11.3. The molecule has 3 heteroatoms. The maximum atomic E-state index is 6.42. The summed E-state index contributed by atoms with van der Waals surface area (Å²) in [4.78, 5) is 4.38. The molecular formula is C17H16N2O. The molecule has 1 atom stereocenters. The van der Waals surface area contributed by atoms with Crippen LogP contribution in [0.2, 0.25) is 0 Å². The highest BCUT2D eigenvalue weighted by Gasteiger charge is 2.17. The molecule has 3 rings (SSSR count). The van der Waals surface area contributed by atoms with E-state index in [-0.39, 0.29) is 6.04 Å². The molecule has 0 spiro atoms. The fourth-order valence-corrected chi connectivity index (χ4v) is 2.48. The summed E-state index contributed by atoms with van der Waals surface area (Å²) >= 11 is 0. The Balaban J connectivity index is 2.15. The van der Waals surface area contributed by atoms with Crippen molar-refractivity contribution in [2.45, 2.75) is 6.04 Å². The summed E-state index contributed by atoms with van der Waals surface area (Å²) in [6.45, 7) is 0. The minimum absolute atomic E-state index is 0.308. The zero-order chi connectivity index (χ0) is 13.9. The van der Waals surface area contributed by atoms with Crippen LogP contribution in [-0.2, 0) is 0 Å². The third-order valence-electron chi connectivity index (χ3n) is 3.47. The van der Waals surface area contributed by atoms with Gasteiger partial charge in [0.1, 0.15) is 11.4 Å². The molecule has 0 fully saturated rings. The van der Waals surface area contributed by atoms with Gasteiger partial charge in [0.2, 0.25) is 0 Å². The molecule has 0 amide bonds. The smallest absolute Gasteiger partial charge is 0.142 e. The predicted molar refractivity (Wildman–Crippen MR) is 80.8 cm³/mol. The first-order valence-corrected chi connectivity index (χ1v) is 6.53. The molecule has 0 saturated heterocycles. The number of ether oxygens (including phenoxy) is 1. The minimum atomic E-state index is -0.308. The van der Waals surface area contributed by atoms with Gasteiger partial charge in [-0.3, -0.25) is 4.98 Å². The third-order valence-corrected chi connectivity index (χ3v) is 3.47. The van der Waals surface area contributed by atoms with E-state index in [4.69, 9.17) is 10.5 Å². The largest absolute Gasteiger partial charge is 0.495 e. The average molecular weight is 264 g/mol. The van der Waals surface area contributed by atoms with Crippen LogP contribution in [0.1, 0.15) is 17.3 Å². The Morgan fingerprint density at radius 2 is 1.80 bits per heavy atom. The molecule has 1 unspecified atom stereocenters. The van der Waals surface area contributed by atoms with Gasteiger partial charge in [-0.2, -0.15) is 0 Å². The predicted octanol–water partition coefficient (Wildman–Crippen LogP) is 3.29. The molecule has 1 heterocycles. The molecule has 2 N–H and O–H groups in total. The van der Waals surface area contributed by atoms with Gasteiger partial charge in [0.15, 0.2) is 0 Å². The Bertz CT molecular complexity index is 734. The molecule has 1 aromatic heterocycles. The SMILES string of the molecule is COc1cccnc1C(N)c1cccc2ccccc12. The number of nitrogens with zero attached hydrogens (tertiary/aromatic N) is 1. The van der Waals surface area contributed by atoms with E-state index < -0.39 is 0 Å². The zero-order valence-corrected chi connectivity index (χ0v) is 11.3. The van der Waals surface area contributed by atoms with Crippen LogP contribution in [0.5, 0.6) is 5.75 Å². The summed E-state index contributed by atoms with van der Waals surface area (Å²) in [5.41, 5.74) is 8.23. The number of methoxy groups -OCH3 is 1. The van der Waals surface area contributed by atoms with E-state index in [1.165, 1.54) is 5.39 Å². The Kier molecular flexibility index (Phi) is 3.35. The van der Waals surface area contributed by atoms with Crippen LogP contribution in [0, 0.1) is 0 Å². The summed E-state index contributed by atoms with van der Waals surface area (Å²) in [7, 11) is 1.64. The lowest BCUT2D eigenvalue weighted by atomic mass is 9.96. The van der Waals surface area contributed by atoms with Crippen molar-refractivity contribution >= 4 is 10.8 Å². The highest BCUT2D eigenvalue weighted by Crippen LogP contribution is 2.30. The van der Waals surface area contributed by atoms with Crippen molar-refractivity contribution in [3.05, 3.63) is 72.1 Å². The lowest BCUT2D eigenvalue weighted by molar-refractivity contribution is 0.404. The van der Waals surface area contributed by atoms with Gasteiger partial charge in [-0.15, -0.1) is 0 Å². The highest BCUT2D eigenvalue weighted by atomic mass is 16.5. The number of nitrogens with two attached hydrogens (primary N) is 1. The topological polar surface area (TPSA) is 48.1 Å². The van der Waals surface area contributed by atoms with Gasteiger partial charge in [-0.05, 0) is 28.5 Å². The first-order valence-electron chi connectivity index (χ1n) is 6.53. The van der Waals surface area contributed by atoms with Gasteiger partial charge in [0.25, 0.3) is 0 Å². The van der Waals surface area contributed by atoms with E-state index in [0.717, 1.165) is 16.6 Å². The minimum Gasteiger partial charge on any atom is -0.495 e. The number of fused-ring (bicyclic) bond motifs is 1. The maximum Gasteiger partial charge on any atom is 0.142 e. The van der Waals surface area contributed by atoms with Crippen molar-refractivity contribution in [2.75, 3.05) is 7.11 Å². The average Bonchev–Trinajstić information content (AvgIpc) is 2.53. The van der Waals surface area contributed by atoms with Gasteiger partial charge in [-0.1, -0.05) is 42.5 Å². The first kappa shape index (κ1) is 12.6. The van der Waals surface area contributed by atoms with Crippen LogP contribution < -0.4 is 10.5 Å².